The van der Waals surface area contributed by atoms with Crippen LogP contribution in [0.5, 0.6) is 11.5 Å². The number of carbonyl (C=O) groups excluding carboxylic acids is 2. The van der Waals surface area contributed by atoms with Crippen LogP contribution >= 0.6 is 11.3 Å². The molecule has 0 atom stereocenters. The number of para-hydroxylation sites is 1. The molecule has 2 aromatic heterocycles. The molecule has 2 aromatic carbocycles. The molecule has 0 unspecified atom stereocenters. The zero-order valence-electron chi connectivity index (χ0n) is 19.0. The van der Waals surface area contributed by atoms with E-state index in [1.807, 2.05) is 25.1 Å². The minimum atomic E-state index is -0.757. The first-order valence-corrected chi connectivity index (χ1v) is 11.8. The Hall–Kier alpha value is -4.11. The molecule has 0 fully saturated rings. The average Bonchev–Trinajstić information content (AvgIpc) is 3.42. The summed E-state index contributed by atoms with van der Waals surface area (Å²) in [5.41, 5.74) is 1.41. The number of rotatable bonds is 6. The number of ether oxygens (including phenoxy) is 3. The molecule has 1 N–H and O–H groups in total. The maximum absolute atomic E-state index is 13.1. The Morgan fingerprint density at radius 2 is 1.89 bits per heavy atom. The third kappa shape index (κ3) is 4.38. The first-order chi connectivity index (χ1) is 16.9. The van der Waals surface area contributed by atoms with E-state index in [1.54, 1.807) is 31.2 Å². The molecule has 0 radical (unpaired) electrons. The van der Waals surface area contributed by atoms with Crippen LogP contribution in [0.3, 0.4) is 0 Å². The molecule has 0 bridgehead atoms. The number of thiophene rings is 1. The van der Waals surface area contributed by atoms with Gasteiger partial charge in [-0.25, -0.2) is 9.59 Å². The van der Waals surface area contributed by atoms with Crippen LogP contribution in [0.4, 0.5) is 5.00 Å². The van der Waals surface area contributed by atoms with Crippen molar-refractivity contribution in [1.82, 2.24) is 0 Å². The highest BCUT2D eigenvalue weighted by atomic mass is 32.1. The number of esters is 1. The number of anilines is 1. The summed E-state index contributed by atoms with van der Waals surface area (Å²) in [5.74, 6) is 0.148. The standard InChI is InChI=1S/C26H21NO7S/c1-3-31-26(30)22-14(2)21(11-15-8-9-19-20(10-15)33-13-32-19)35-24(22)27-23(28)17-12-16-6-4-5-7-18(16)34-25(17)29/h4-10,12H,3,11,13H2,1-2H3,(H,27,28). The molecule has 1 aliphatic rings. The smallest absolute Gasteiger partial charge is 0.349 e. The fourth-order valence-corrected chi connectivity index (χ4v) is 5.12. The summed E-state index contributed by atoms with van der Waals surface area (Å²) >= 11 is 1.26. The van der Waals surface area contributed by atoms with Crippen molar-refractivity contribution >= 4 is 39.2 Å². The Bertz CT molecular complexity index is 1520. The van der Waals surface area contributed by atoms with Gasteiger partial charge in [0.1, 0.15) is 16.1 Å². The van der Waals surface area contributed by atoms with Crippen molar-refractivity contribution in [1.29, 1.82) is 0 Å². The summed E-state index contributed by atoms with van der Waals surface area (Å²) in [6.45, 7) is 3.90. The summed E-state index contributed by atoms with van der Waals surface area (Å²) in [4.78, 5) is 39.2. The van der Waals surface area contributed by atoms with Crippen LogP contribution in [0.2, 0.25) is 0 Å². The lowest BCUT2D eigenvalue weighted by molar-refractivity contribution is 0.0527. The second kappa shape index (κ2) is 9.27. The van der Waals surface area contributed by atoms with E-state index >= 15 is 0 Å². The van der Waals surface area contributed by atoms with Crippen LogP contribution in [0.15, 0.2) is 57.7 Å². The zero-order chi connectivity index (χ0) is 24.5. The number of hydrogen-bond acceptors (Lipinski definition) is 8. The molecular formula is C26H21NO7S. The van der Waals surface area contributed by atoms with Gasteiger partial charge in [-0.1, -0.05) is 24.3 Å². The fraction of sp³-hybridized carbons (Fsp3) is 0.192. The maximum Gasteiger partial charge on any atom is 0.349 e. The van der Waals surface area contributed by atoms with Crippen molar-refractivity contribution < 1.29 is 28.2 Å². The second-order valence-electron chi connectivity index (χ2n) is 7.88. The maximum atomic E-state index is 13.1. The molecule has 4 aromatic rings. The molecule has 1 amide bonds. The van der Waals surface area contributed by atoms with Crippen LogP contribution in [0.25, 0.3) is 11.0 Å². The molecule has 0 saturated heterocycles. The van der Waals surface area contributed by atoms with E-state index in [4.69, 9.17) is 18.6 Å². The monoisotopic (exact) mass is 491 g/mol. The lowest BCUT2D eigenvalue weighted by atomic mass is 10.1. The number of hydrogen-bond donors (Lipinski definition) is 1. The lowest BCUT2D eigenvalue weighted by Gasteiger charge is -2.07. The van der Waals surface area contributed by atoms with Crippen molar-refractivity contribution in [2.75, 3.05) is 18.7 Å². The Kier molecular flexibility index (Phi) is 6.00. The Morgan fingerprint density at radius 3 is 2.71 bits per heavy atom. The van der Waals surface area contributed by atoms with Gasteiger partial charge in [0.05, 0.1) is 12.2 Å². The van der Waals surface area contributed by atoms with E-state index < -0.39 is 17.5 Å². The van der Waals surface area contributed by atoms with Gasteiger partial charge in [0.15, 0.2) is 11.5 Å². The van der Waals surface area contributed by atoms with Gasteiger partial charge < -0.3 is 23.9 Å². The van der Waals surface area contributed by atoms with Crippen LogP contribution < -0.4 is 20.4 Å². The van der Waals surface area contributed by atoms with Gasteiger partial charge in [0.25, 0.3) is 5.91 Å². The SMILES string of the molecule is CCOC(=O)c1c(NC(=O)c2cc3ccccc3oc2=O)sc(Cc2ccc3c(c2)OCO3)c1C. The summed E-state index contributed by atoms with van der Waals surface area (Å²) in [5, 5.41) is 3.67. The average molecular weight is 492 g/mol. The molecule has 35 heavy (non-hydrogen) atoms. The van der Waals surface area contributed by atoms with Gasteiger partial charge >= 0.3 is 11.6 Å². The highest BCUT2D eigenvalue weighted by Crippen LogP contribution is 2.38. The highest BCUT2D eigenvalue weighted by molar-refractivity contribution is 7.17. The fourth-order valence-electron chi connectivity index (χ4n) is 3.89. The quantitative estimate of drug-likeness (QED) is 0.302. The number of nitrogens with one attached hydrogen (secondary N) is 1. The van der Waals surface area contributed by atoms with Crippen molar-refractivity contribution in [2.45, 2.75) is 20.3 Å². The predicted octanol–water partition coefficient (Wildman–Crippen LogP) is 4.91. The largest absolute Gasteiger partial charge is 0.462 e. The van der Waals surface area contributed by atoms with Gasteiger partial charge in [0.2, 0.25) is 6.79 Å². The molecule has 8 nitrogen and oxygen atoms in total. The zero-order valence-corrected chi connectivity index (χ0v) is 19.8. The summed E-state index contributed by atoms with van der Waals surface area (Å²) in [6, 6.07) is 14.1. The molecule has 0 aliphatic carbocycles. The van der Waals surface area contributed by atoms with Crippen LogP contribution in [-0.2, 0) is 11.2 Å². The highest BCUT2D eigenvalue weighted by Gasteiger charge is 2.25. The normalized spacial score (nSPS) is 12.1. The van der Waals surface area contributed by atoms with E-state index in [0.717, 1.165) is 10.4 Å². The van der Waals surface area contributed by atoms with E-state index in [-0.39, 0.29) is 24.5 Å². The van der Waals surface area contributed by atoms with E-state index in [2.05, 4.69) is 5.32 Å². The first kappa shape index (κ1) is 22.7. The van der Waals surface area contributed by atoms with Crippen molar-refractivity contribution in [3.63, 3.8) is 0 Å². The second-order valence-corrected chi connectivity index (χ2v) is 8.98. The lowest BCUT2D eigenvalue weighted by Crippen LogP contribution is -2.21. The van der Waals surface area contributed by atoms with Gasteiger partial charge in [-0.3, -0.25) is 4.79 Å². The number of benzene rings is 2. The van der Waals surface area contributed by atoms with Gasteiger partial charge in [-0.15, -0.1) is 11.3 Å². The molecule has 178 valence electrons. The first-order valence-electron chi connectivity index (χ1n) is 11.0. The van der Waals surface area contributed by atoms with Crippen molar-refractivity contribution in [3.05, 3.63) is 86.1 Å². The number of fused-ring (bicyclic) bond motifs is 2. The molecule has 1 aliphatic heterocycles. The van der Waals surface area contributed by atoms with Crippen molar-refractivity contribution in [3.8, 4) is 11.5 Å². The molecule has 9 heteroatoms. The van der Waals surface area contributed by atoms with E-state index in [9.17, 15) is 14.4 Å². The predicted molar refractivity (Wildman–Crippen MR) is 131 cm³/mol. The Labute approximate surface area is 204 Å². The van der Waals surface area contributed by atoms with Crippen LogP contribution in [0, 0.1) is 6.92 Å². The number of amides is 1. The molecule has 0 spiro atoms. The van der Waals surface area contributed by atoms with Crippen molar-refractivity contribution in [2.24, 2.45) is 0 Å². The van der Waals surface area contributed by atoms with Crippen LogP contribution in [-0.4, -0.2) is 25.3 Å². The van der Waals surface area contributed by atoms with Crippen LogP contribution in [0.1, 0.15) is 43.6 Å². The topological polar surface area (TPSA) is 104 Å². The molecule has 5 rings (SSSR count). The van der Waals surface area contributed by atoms with E-state index in [1.165, 1.54) is 17.4 Å². The minimum absolute atomic E-state index is 0.151. The van der Waals surface area contributed by atoms with Gasteiger partial charge in [-0.2, -0.15) is 0 Å². The Balaban J connectivity index is 1.49. The molecular weight excluding hydrogens is 470 g/mol. The summed E-state index contributed by atoms with van der Waals surface area (Å²) in [6.07, 6.45) is 0.507. The Morgan fingerprint density at radius 1 is 1.09 bits per heavy atom. The minimum Gasteiger partial charge on any atom is -0.462 e. The third-order valence-electron chi connectivity index (χ3n) is 5.64. The molecule has 3 heterocycles. The third-order valence-corrected chi connectivity index (χ3v) is 6.85. The number of carbonyl (C=O) groups is 2. The molecule has 0 saturated carbocycles. The van der Waals surface area contributed by atoms with E-state index in [0.29, 0.717) is 39.5 Å². The van der Waals surface area contributed by atoms with Gasteiger partial charge in [-0.05, 0) is 49.2 Å². The summed E-state index contributed by atoms with van der Waals surface area (Å²) < 4.78 is 21.4. The summed E-state index contributed by atoms with van der Waals surface area (Å²) in [7, 11) is 0. The van der Waals surface area contributed by atoms with Gasteiger partial charge in [0, 0.05) is 16.7 Å².